The maximum Gasteiger partial charge on any atom is 0.261 e. The molecule has 0 saturated carbocycles. The van der Waals surface area contributed by atoms with Gasteiger partial charge >= 0.3 is 0 Å². The van der Waals surface area contributed by atoms with Crippen LogP contribution in [0.3, 0.4) is 0 Å². The van der Waals surface area contributed by atoms with E-state index in [4.69, 9.17) is 0 Å². The Hall–Kier alpha value is -3.00. The van der Waals surface area contributed by atoms with Gasteiger partial charge in [0.15, 0.2) is 9.84 Å². The number of nitrogens with zero attached hydrogens (tertiary/aromatic N) is 2. The molecule has 1 heterocycles. The van der Waals surface area contributed by atoms with Crippen molar-refractivity contribution < 1.29 is 22.8 Å². The summed E-state index contributed by atoms with van der Waals surface area (Å²) in [5, 5.41) is 0. The van der Waals surface area contributed by atoms with E-state index in [-0.39, 0.29) is 33.9 Å². The zero-order valence-corrected chi connectivity index (χ0v) is 16.8. The summed E-state index contributed by atoms with van der Waals surface area (Å²) < 4.78 is 23.2. The monoisotopic (exact) mass is 400 g/mol. The Balaban J connectivity index is 1.85. The minimum Gasteiger partial charge on any atom is -0.335 e. The molecule has 0 radical (unpaired) electrons. The average molecular weight is 400 g/mol. The maximum atomic E-state index is 12.9. The number of fused-ring (bicyclic) bond motifs is 1. The highest BCUT2D eigenvalue weighted by molar-refractivity contribution is 7.90. The number of imide groups is 1. The largest absolute Gasteiger partial charge is 0.335 e. The third-order valence-corrected chi connectivity index (χ3v) is 6.16. The van der Waals surface area contributed by atoms with E-state index in [9.17, 15) is 22.8 Å². The highest BCUT2D eigenvalue weighted by Crippen LogP contribution is 2.26. The predicted molar refractivity (Wildman–Crippen MR) is 103 cm³/mol. The van der Waals surface area contributed by atoms with Crippen LogP contribution in [0.1, 0.15) is 49.6 Å². The van der Waals surface area contributed by atoms with E-state index in [0.29, 0.717) is 5.56 Å². The Morgan fingerprint density at radius 2 is 1.57 bits per heavy atom. The first-order valence-corrected chi connectivity index (χ1v) is 10.4. The Morgan fingerprint density at radius 3 is 2.14 bits per heavy atom. The second-order valence-corrected chi connectivity index (χ2v) is 8.88. The lowest BCUT2D eigenvalue weighted by molar-refractivity contribution is 0.0692. The Kier molecular flexibility index (Phi) is 4.84. The summed E-state index contributed by atoms with van der Waals surface area (Å²) >= 11 is 0. The van der Waals surface area contributed by atoms with Crippen LogP contribution < -0.4 is 0 Å². The lowest BCUT2D eigenvalue weighted by atomic mass is 10.0. The Bertz CT molecular complexity index is 1090. The summed E-state index contributed by atoms with van der Waals surface area (Å²) in [4.78, 5) is 39.7. The molecule has 0 aliphatic carbocycles. The molecule has 7 nitrogen and oxygen atoms in total. The van der Waals surface area contributed by atoms with E-state index in [1.54, 1.807) is 19.2 Å². The Labute approximate surface area is 163 Å². The molecule has 1 aliphatic heterocycles. The van der Waals surface area contributed by atoms with Crippen LogP contribution in [0.4, 0.5) is 0 Å². The molecule has 0 saturated heterocycles. The van der Waals surface area contributed by atoms with E-state index in [2.05, 4.69) is 0 Å². The summed E-state index contributed by atoms with van der Waals surface area (Å²) in [6.07, 6.45) is 1.14. The van der Waals surface area contributed by atoms with Gasteiger partial charge in [0.1, 0.15) is 0 Å². The number of amides is 3. The van der Waals surface area contributed by atoms with Gasteiger partial charge < -0.3 is 4.90 Å². The number of rotatable bonds is 4. The first kappa shape index (κ1) is 19.8. The smallest absolute Gasteiger partial charge is 0.261 e. The first-order valence-electron chi connectivity index (χ1n) is 8.56. The molecule has 1 unspecified atom stereocenters. The zero-order valence-electron chi connectivity index (χ0n) is 16.0. The molecule has 0 spiro atoms. The van der Waals surface area contributed by atoms with E-state index in [0.717, 1.165) is 16.7 Å². The van der Waals surface area contributed by atoms with Crippen molar-refractivity contribution >= 4 is 27.6 Å². The van der Waals surface area contributed by atoms with Gasteiger partial charge in [-0.1, -0.05) is 12.1 Å². The highest BCUT2D eigenvalue weighted by atomic mass is 32.2. The number of carbonyl (C=O) groups excluding carboxylic acids is 3. The summed E-state index contributed by atoms with van der Waals surface area (Å²) in [5.41, 5.74) is 1.58. The maximum absolute atomic E-state index is 12.9. The van der Waals surface area contributed by atoms with Crippen LogP contribution in [0.15, 0.2) is 47.4 Å². The van der Waals surface area contributed by atoms with Crippen LogP contribution >= 0.6 is 0 Å². The van der Waals surface area contributed by atoms with Gasteiger partial charge in [-0.15, -0.1) is 0 Å². The lowest BCUT2D eigenvalue weighted by Gasteiger charge is -2.25. The molecule has 3 amide bonds. The molecule has 3 rings (SSSR count). The zero-order chi connectivity index (χ0) is 20.8. The number of benzene rings is 2. The quantitative estimate of drug-likeness (QED) is 0.734. The van der Waals surface area contributed by atoms with Crippen LogP contribution in [-0.4, -0.2) is 56.3 Å². The van der Waals surface area contributed by atoms with Gasteiger partial charge in [0.2, 0.25) is 0 Å². The van der Waals surface area contributed by atoms with E-state index in [1.165, 1.54) is 42.3 Å². The number of hydrogen-bond acceptors (Lipinski definition) is 5. The fraction of sp³-hybridized carbons (Fsp3) is 0.250. The normalized spacial score (nSPS) is 14.8. The fourth-order valence-electron chi connectivity index (χ4n) is 3.09. The minimum atomic E-state index is -3.29. The van der Waals surface area contributed by atoms with Crippen molar-refractivity contribution in [2.24, 2.45) is 0 Å². The molecule has 2 aromatic carbocycles. The van der Waals surface area contributed by atoms with Gasteiger partial charge in [-0.05, 0) is 42.8 Å². The molecule has 146 valence electrons. The fourth-order valence-corrected chi connectivity index (χ4v) is 3.72. The van der Waals surface area contributed by atoms with Crippen LogP contribution in [0.25, 0.3) is 0 Å². The lowest BCUT2D eigenvalue weighted by Crippen LogP contribution is -2.29. The van der Waals surface area contributed by atoms with Crippen molar-refractivity contribution in [1.82, 2.24) is 9.80 Å². The van der Waals surface area contributed by atoms with Crippen molar-refractivity contribution in [3.8, 4) is 0 Å². The van der Waals surface area contributed by atoms with Crippen molar-refractivity contribution in [2.75, 3.05) is 20.4 Å². The average Bonchev–Trinajstić information content (AvgIpc) is 2.89. The molecular weight excluding hydrogens is 380 g/mol. The van der Waals surface area contributed by atoms with Gasteiger partial charge in [0, 0.05) is 25.9 Å². The van der Waals surface area contributed by atoms with Crippen LogP contribution in [0, 0.1) is 0 Å². The van der Waals surface area contributed by atoms with Crippen molar-refractivity contribution in [1.29, 1.82) is 0 Å². The van der Waals surface area contributed by atoms with E-state index in [1.807, 2.05) is 6.92 Å². The Morgan fingerprint density at radius 1 is 1.00 bits per heavy atom. The highest BCUT2D eigenvalue weighted by Gasteiger charge is 2.33. The molecule has 1 aliphatic rings. The molecule has 0 bridgehead atoms. The first-order chi connectivity index (χ1) is 13.0. The van der Waals surface area contributed by atoms with Gasteiger partial charge in [0.05, 0.1) is 22.1 Å². The predicted octanol–water partition coefficient (Wildman–Crippen LogP) is 2.15. The van der Waals surface area contributed by atoms with Crippen LogP contribution in [0.5, 0.6) is 0 Å². The molecule has 8 heteroatoms. The van der Waals surface area contributed by atoms with Crippen LogP contribution in [0.2, 0.25) is 0 Å². The second kappa shape index (κ2) is 6.87. The number of sulfone groups is 1. The molecule has 0 N–H and O–H groups in total. The van der Waals surface area contributed by atoms with Crippen molar-refractivity contribution in [3.63, 3.8) is 0 Å². The third kappa shape index (κ3) is 3.31. The summed E-state index contributed by atoms with van der Waals surface area (Å²) in [7, 11) is -0.257. The molecule has 1 atom stereocenters. The number of hydrogen-bond donors (Lipinski definition) is 0. The molecule has 0 fully saturated rings. The van der Waals surface area contributed by atoms with Gasteiger partial charge in [-0.3, -0.25) is 19.3 Å². The molecule has 0 aromatic heterocycles. The summed E-state index contributed by atoms with van der Waals surface area (Å²) in [6.45, 7) is 1.82. The van der Waals surface area contributed by atoms with E-state index < -0.39 is 15.7 Å². The molecule has 2 aromatic rings. The number of carbonyl (C=O) groups is 3. The van der Waals surface area contributed by atoms with Crippen LogP contribution in [-0.2, 0) is 9.84 Å². The van der Waals surface area contributed by atoms with Gasteiger partial charge in [-0.25, -0.2) is 8.42 Å². The molecule has 28 heavy (non-hydrogen) atoms. The van der Waals surface area contributed by atoms with E-state index >= 15 is 0 Å². The van der Waals surface area contributed by atoms with Crippen molar-refractivity contribution in [2.45, 2.75) is 17.9 Å². The topological polar surface area (TPSA) is 91.8 Å². The second-order valence-electron chi connectivity index (χ2n) is 6.86. The summed E-state index contributed by atoms with van der Waals surface area (Å²) in [6, 6.07) is 10.5. The van der Waals surface area contributed by atoms with Gasteiger partial charge in [-0.2, -0.15) is 0 Å². The molecular formula is C20H20N2O5S. The summed E-state index contributed by atoms with van der Waals surface area (Å²) in [5.74, 6) is -1.12. The van der Waals surface area contributed by atoms with Crippen molar-refractivity contribution in [3.05, 3.63) is 64.7 Å². The standard InChI is InChI=1S/C20H20N2O5S/c1-12(13-5-8-15(9-6-13)28(4,26)27)21(2)18(23)14-7-10-16-17(11-14)20(25)22(3)19(16)24/h5-12H,1-4H3. The van der Waals surface area contributed by atoms with Gasteiger partial charge in [0.25, 0.3) is 17.7 Å². The third-order valence-electron chi connectivity index (χ3n) is 5.03. The SMILES string of the molecule is CC(c1ccc(S(C)(=O)=O)cc1)N(C)C(=O)c1ccc2c(c1)C(=O)N(C)C2=O. The minimum absolute atomic E-state index is 0.211.